The third-order valence-corrected chi connectivity index (χ3v) is 5.62. The molecule has 7 nitrogen and oxygen atoms in total. The molecule has 8 heteroatoms. The SMILES string of the molecule is CCC(C(=O)Nc1ccccc1C(=O)NCC(C)C)N(c1ccccc1)S(C)(=O)=O. The van der Waals surface area contributed by atoms with Crippen LogP contribution in [0.15, 0.2) is 54.6 Å². The fourth-order valence-corrected chi connectivity index (χ4v) is 4.25. The van der Waals surface area contributed by atoms with Crippen LogP contribution in [-0.4, -0.2) is 39.1 Å². The minimum atomic E-state index is -3.72. The lowest BCUT2D eigenvalue weighted by atomic mass is 10.1. The highest BCUT2D eigenvalue weighted by atomic mass is 32.2. The van der Waals surface area contributed by atoms with Crippen LogP contribution in [0.1, 0.15) is 37.6 Å². The summed E-state index contributed by atoms with van der Waals surface area (Å²) in [5.74, 6) is -0.513. The summed E-state index contributed by atoms with van der Waals surface area (Å²) in [4.78, 5) is 25.6. The number of sulfonamides is 1. The lowest BCUT2D eigenvalue weighted by Crippen LogP contribution is -2.47. The van der Waals surface area contributed by atoms with Crippen molar-refractivity contribution in [2.75, 3.05) is 22.4 Å². The van der Waals surface area contributed by atoms with Gasteiger partial charge in [-0.3, -0.25) is 13.9 Å². The Morgan fingerprint density at radius 1 is 1.00 bits per heavy atom. The number of amides is 2. The van der Waals surface area contributed by atoms with Gasteiger partial charge in [-0.2, -0.15) is 0 Å². The maximum Gasteiger partial charge on any atom is 0.253 e. The van der Waals surface area contributed by atoms with Crippen molar-refractivity contribution in [3.63, 3.8) is 0 Å². The zero-order valence-electron chi connectivity index (χ0n) is 17.8. The van der Waals surface area contributed by atoms with Gasteiger partial charge >= 0.3 is 0 Å². The molecule has 1 unspecified atom stereocenters. The molecule has 2 amide bonds. The van der Waals surface area contributed by atoms with Gasteiger partial charge in [-0.1, -0.05) is 51.1 Å². The first kappa shape index (κ1) is 23.4. The summed E-state index contributed by atoms with van der Waals surface area (Å²) in [5.41, 5.74) is 1.07. The third kappa shape index (κ3) is 6.06. The fourth-order valence-electron chi connectivity index (χ4n) is 3.03. The van der Waals surface area contributed by atoms with Crippen LogP contribution in [0.2, 0.25) is 0 Å². The van der Waals surface area contributed by atoms with Crippen LogP contribution in [0, 0.1) is 5.92 Å². The Morgan fingerprint density at radius 2 is 1.60 bits per heavy atom. The summed E-state index contributed by atoms with van der Waals surface area (Å²) in [7, 11) is -3.72. The predicted molar refractivity (Wildman–Crippen MR) is 120 cm³/mol. The molecular weight excluding hydrogens is 402 g/mol. The summed E-state index contributed by atoms with van der Waals surface area (Å²) >= 11 is 0. The highest BCUT2D eigenvalue weighted by molar-refractivity contribution is 7.92. The molecular formula is C22H29N3O4S. The average molecular weight is 432 g/mol. The van der Waals surface area contributed by atoms with Gasteiger partial charge in [0, 0.05) is 6.54 Å². The van der Waals surface area contributed by atoms with Crippen molar-refractivity contribution in [2.45, 2.75) is 33.2 Å². The lowest BCUT2D eigenvalue weighted by Gasteiger charge is -2.30. The van der Waals surface area contributed by atoms with Crippen molar-refractivity contribution in [1.82, 2.24) is 5.32 Å². The molecule has 0 saturated carbocycles. The molecule has 2 rings (SSSR count). The molecule has 0 heterocycles. The first-order valence-corrected chi connectivity index (χ1v) is 11.7. The van der Waals surface area contributed by atoms with E-state index < -0.39 is 22.0 Å². The van der Waals surface area contributed by atoms with Crippen LogP contribution >= 0.6 is 0 Å². The number of hydrogen-bond donors (Lipinski definition) is 2. The smallest absolute Gasteiger partial charge is 0.253 e. The van der Waals surface area contributed by atoms with E-state index in [0.717, 1.165) is 10.6 Å². The van der Waals surface area contributed by atoms with Crippen LogP contribution < -0.4 is 14.9 Å². The second-order valence-electron chi connectivity index (χ2n) is 7.46. The molecule has 0 aliphatic rings. The van der Waals surface area contributed by atoms with E-state index in [1.807, 2.05) is 13.8 Å². The summed E-state index contributed by atoms with van der Waals surface area (Å²) in [6.07, 6.45) is 1.33. The zero-order chi connectivity index (χ0) is 22.3. The number of hydrogen-bond acceptors (Lipinski definition) is 4. The first-order chi connectivity index (χ1) is 14.1. The van der Waals surface area contributed by atoms with Gasteiger partial charge in [0.2, 0.25) is 15.9 Å². The molecule has 0 aromatic heterocycles. The maximum absolute atomic E-state index is 13.1. The molecule has 30 heavy (non-hydrogen) atoms. The van der Waals surface area contributed by atoms with E-state index in [-0.39, 0.29) is 18.2 Å². The number of nitrogens with one attached hydrogen (secondary N) is 2. The van der Waals surface area contributed by atoms with Crippen LogP contribution in [0.25, 0.3) is 0 Å². The third-order valence-electron chi connectivity index (χ3n) is 4.44. The van der Waals surface area contributed by atoms with Gasteiger partial charge in [0.25, 0.3) is 5.91 Å². The first-order valence-electron chi connectivity index (χ1n) is 9.87. The van der Waals surface area contributed by atoms with Crippen LogP contribution in [0.3, 0.4) is 0 Å². The van der Waals surface area contributed by atoms with Crippen molar-refractivity contribution in [1.29, 1.82) is 0 Å². The maximum atomic E-state index is 13.1. The normalized spacial score (nSPS) is 12.3. The van der Waals surface area contributed by atoms with Crippen molar-refractivity contribution >= 4 is 33.2 Å². The van der Waals surface area contributed by atoms with E-state index in [1.54, 1.807) is 61.5 Å². The highest BCUT2D eigenvalue weighted by Crippen LogP contribution is 2.24. The molecule has 162 valence electrons. The van der Waals surface area contributed by atoms with Crippen molar-refractivity contribution in [3.05, 3.63) is 60.2 Å². The Labute approximate surface area is 178 Å². The fraction of sp³-hybridized carbons (Fsp3) is 0.364. The molecule has 1 atom stereocenters. The van der Waals surface area contributed by atoms with Crippen molar-refractivity contribution in [3.8, 4) is 0 Å². The zero-order valence-corrected chi connectivity index (χ0v) is 18.6. The quantitative estimate of drug-likeness (QED) is 0.637. The average Bonchev–Trinajstić information content (AvgIpc) is 2.70. The van der Waals surface area contributed by atoms with E-state index >= 15 is 0 Å². The molecule has 0 bridgehead atoms. The van der Waals surface area contributed by atoms with E-state index in [2.05, 4.69) is 10.6 Å². The number of anilines is 2. The van der Waals surface area contributed by atoms with Gasteiger partial charge in [-0.05, 0) is 36.6 Å². The van der Waals surface area contributed by atoms with Gasteiger partial charge < -0.3 is 10.6 Å². The van der Waals surface area contributed by atoms with Gasteiger partial charge in [-0.25, -0.2) is 8.42 Å². The number of carbonyl (C=O) groups is 2. The van der Waals surface area contributed by atoms with Gasteiger partial charge in [0.05, 0.1) is 23.2 Å². The minimum absolute atomic E-state index is 0.259. The van der Waals surface area contributed by atoms with E-state index in [1.165, 1.54) is 0 Å². The number of nitrogens with zero attached hydrogens (tertiary/aromatic N) is 1. The molecule has 0 saturated heterocycles. The van der Waals surface area contributed by atoms with Crippen molar-refractivity contribution in [2.24, 2.45) is 5.92 Å². The highest BCUT2D eigenvalue weighted by Gasteiger charge is 2.32. The predicted octanol–water partition coefficient (Wildman–Crippen LogP) is 3.26. The summed E-state index contributed by atoms with van der Waals surface area (Å²) in [5, 5.41) is 5.58. The molecule has 0 spiro atoms. The largest absolute Gasteiger partial charge is 0.352 e. The van der Waals surface area contributed by atoms with Crippen LogP contribution in [0.4, 0.5) is 11.4 Å². The van der Waals surface area contributed by atoms with E-state index in [0.29, 0.717) is 23.5 Å². The molecule has 0 aliphatic heterocycles. The van der Waals surface area contributed by atoms with Gasteiger partial charge in [-0.15, -0.1) is 0 Å². The summed E-state index contributed by atoms with van der Waals surface area (Å²) in [6, 6.07) is 14.2. The van der Waals surface area contributed by atoms with E-state index in [9.17, 15) is 18.0 Å². The standard InChI is InChI=1S/C22H29N3O4S/c1-5-20(25(30(4,28)29)17-11-7-6-8-12-17)22(27)24-19-14-10-9-13-18(19)21(26)23-15-16(2)3/h6-14,16,20H,5,15H2,1-4H3,(H,23,26)(H,24,27). The second-order valence-corrected chi connectivity index (χ2v) is 9.32. The van der Waals surface area contributed by atoms with Crippen LogP contribution in [-0.2, 0) is 14.8 Å². The summed E-state index contributed by atoms with van der Waals surface area (Å²) < 4.78 is 26.1. The lowest BCUT2D eigenvalue weighted by molar-refractivity contribution is -0.117. The summed E-state index contributed by atoms with van der Waals surface area (Å²) in [6.45, 7) is 6.23. The Hall–Kier alpha value is -2.87. The van der Waals surface area contributed by atoms with Crippen molar-refractivity contribution < 1.29 is 18.0 Å². The molecule has 2 N–H and O–H groups in total. The Kier molecular flexibility index (Phi) is 8.00. The number of para-hydroxylation sites is 2. The van der Waals surface area contributed by atoms with Crippen LogP contribution in [0.5, 0.6) is 0 Å². The van der Waals surface area contributed by atoms with Gasteiger partial charge in [0.1, 0.15) is 6.04 Å². The number of carbonyl (C=O) groups excluding carboxylic acids is 2. The topological polar surface area (TPSA) is 95.6 Å². The molecule has 2 aromatic carbocycles. The van der Waals surface area contributed by atoms with E-state index in [4.69, 9.17) is 0 Å². The molecule has 2 aromatic rings. The monoisotopic (exact) mass is 431 g/mol. The number of benzene rings is 2. The number of rotatable bonds is 9. The minimum Gasteiger partial charge on any atom is -0.352 e. The molecule has 0 radical (unpaired) electrons. The van der Waals surface area contributed by atoms with Gasteiger partial charge in [0.15, 0.2) is 0 Å². The Morgan fingerprint density at radius 3 is 2.17 bits per heavy atom. The second kappa shape index (κ2) is 10.2. The molecule has 0 fully saturated rings. The molecule has 0 aliphatic carbocycles. The Bertz CT molecular complexity index is 975. The Balaban J connectivity index is 2.32.